The van der Waals surface area contributed by atoms with Crippen molar-refractivity contribution >= 4 is 23.4 Å². The van der Waals surface area contributed by atoms with Crippen molar-refractivity contribution in [2.45, 2.75) is 37.7 Å². The highest BCUT2D eigenvalue weighted by Gasteiger charge is 2.18. The molecule has 0 N–H and O–H groups in total. The molecule has 29 heavy (non-hydrogen) atoms. The van der Waals surface area contributed by atoms with Gasteiger partial charge in [0.05, 0.1) is 11.4 Å². The number of aryl methyl sites for hydroxylation is 1. The van der Waals surface area contributed by atoms with E-state index in [1.54, 1.807) is 28.8 Å². The maximum Gasteiger partial charge on any atom is 0.191 e. The first-order valence-electron chi connectivity index (χ1n) is 9.45. The number of rotatable bonds is 7. The van der Waals surface area contributed by atoms with Crippen LogP contribution in [0.1, 0.15) is 24.6 Å². The molecule has 8 heteroatoms. The summed E-state index contributed by atoms with van der Waals surface area (Å²) in [6.45, 7) is 4.99. The van der Waals surface area contributed by atoms with E-state index < -0.39 is 0 Å². The van der Waals surface area contributed by atoms with Crippen molar-refractivity contribution in [1.82, 2.24) is 29.5 Å². The van der Waals surface area contributed by atoms with E-state index >= 15 is 0 Å². The third-order valence-electron chi connectivity index (χ3n) is 4.57. The Balaban J connectivity index is 1.60. The van der Waals surface area contributed by atoms with Crippen LogP contribution in [0, 0.1) is 6.92 Å². The smallest absolute Gasteiger partial charge is 0.191 e. The van der Waals surface area contributed by atoms with Crippen LogP contribution >= 0.6 is 23.4 Å². The molecule has 148 valence electrons. The normalized spacial score (nSPS) is 11.1. The maximum atomic E-state index is 6.67. The largest absolute Gasteiger partial charge is 0.302 e. The summed E-state index contributed by atoms with van der Waals surface area (Å²) < 4.78 is 3.94. The predicted molar refractivity (Wildman–Crippen MR) is 116 cm³/mol. The number of halogens is 1. The first-order valence-corrected chi connectivity index (χ1v) is 10.8. The minimum absolute atomic E-state index is 0.636. The minimum Gasteiger partial charge on any atom is -0.302 e. The zero-order valence-corrected chi connectivity index (χ0v) is 17.9. The van der Waals surface area contributed by atoms with E-state index in [1.165, 1.54) is 0 Å². The van der Waals surface area contributed by atoms with Crippen molar-refractivity contribution in [1.29, 1.82) is 0 Å². The summed E-state index contributed by atoms with van der Waals surface area (Å²) in [5, 5.41) is 15.0. The molecule has 6 nitrogen and oxygen atoms in total. The Morgan fingerprint density at radius 2 is 1.79 bits per heavy atom. The molecule has 0 aliphatic carbocycles. The summed E-state index contributed by atoms with van der Waals surface area (Å²) in [6.07, 6.45) is 4.54. The summed E-state index contributed by atoms with van der Waals surface area (Å²) in [4.78, 5) is 4.09. The zero-order chi connectivity index (χ0) is 20.2. The number of hydrogen-bond acceptors (Lipinski definition) is 5. The topological polar surface area (TPSA) is 61.4 Å². The first-order chi connectivity index (χ1) is 14.2. The summed E-state index contributed by atoms with van der Waals surface area (Å²) in [5.41, 5.74) is 3.89. The highest BCUT2D eigenvalue weighted by Crippen LogP contribution is 2.31. The molecule has 0 aliphatic heterocycles. The summed E-state index contributed by atoms with van der Waals surface area (Å²) >= 11 is 8.30. The Labute approximate surface area is 179 Å². The fraction of sp³-hybridized carbons (Fsp3) is 0.238. The third kappa shape index (κ3) is 4.06. The molecule has 1 aromatic carbocycles. The van der Waals surface area contributed by atoms with Gasteiger partial charge in [0.1, 0.15) is 5.15 Å². The Morgan fingerprint density at radius 3 is 2.52 bits per heavy atom. The second kappa shape index (κ2) is 8.80. The van der Waals surface area contributed by atoms with Gasteiger partial charge < -0.3 is 4.57 Å². The molecule has 0 aliphatic rings. The van der Waals surface area contributed by atoms with Crippen LogP contribution in [0.25, 0.3) is 17.1 Å². The van der Waals surface area contributed by atoms with E-state index in [1.807, 2.05) is 49.4 Å². The average molecular weight is 425 g/mol. The van der Waals surface area contributed by atoms with Crippen molar-refractivity contribution in [2.75, 3.05) is 0 Å². The average Bonchev–Trinajstić information content (AvgIpc) is 3.28. The number of thioether (sulfide) groups is 1. The van der Waals surface area contributed by atoms with E-state index in [0.29, 0.717) is 10.9 Å². The molecule has 0 spiro atoms. The lowest BCUT2D eigenvalue weighted by atomic mass is 10.2. The fourth-order valence-electron chi connectivity index (χ4n) is 3.11. The Kier molecular flexibility index (Phi) is 5.97. The number of pyridine rings is 1. The molecule has 3 aromatic heterocycles. The standard InChI is InChI=1S/C21H21ClN6S/c1-3-13-27-20(16-9-11-23-12-10-16)24-25-21(27)29-14-18-15(2)26-28(19(18)22)17-7-5-4-6-8-17/h4-12H,3,13-14H2,1-2H3. The van der Waals surface area contributed by atoms with Gasteiger partial charge in [0.25, 0.3) is 0 Å². The van der Waals surface area contributed by atoms with E-state index in [-0.39, 0.29) is 0 Å². The van der Waals surface area contributed by atoms with Gasteiger partial charge >= 0.3 is 0 Å². The molecule has 0 amide bonds. The Morgan fingerprint density at radius 1 is 1.03 bits per heavy atom. The molecule has 4 rings (SSSR count). The van der Waals surface area contributed by atoms with Gasteiger partial charge in [-0.3, -0.25) is 4.98 Å². The van der Waals surface area contributed by atoms with Crippen LogP contribution in [0.5, 0.6) is 0 Å². The van der Waals surface area contributed by atoms with Gasteiger partial charge in [-0.2, -0.15) is 5.10 Å². The summed E-state index contributed by atoms with van der Waals surface area (Å²) in [6, 6.07) is 13.8. The van der Waals surface area contributed by atoms with Crippen molar-refractivity contribution < 1.29 is 0 Å². The summed E-state index contributed by atoms with van der Waals surface area (Å²) in [5.74, 6) is 1.54. The summed E-state index contributed by atoms with van der Waals surface area (Å²) in [7, 11) is 0. The SMILES string of the molecule is CCCn1c(SCc2c(C)nn(-c3ccccc3)c2Cl)nnc1-c1ccncc1. The lowest BCUT2D eigenvalue weighted by molar-refractivity contribution is 0.626. The highest BCUT2D eigenvalue weighted by molar-refractivity contribution is 7.98. The molecule has 0 fully saturated rings. The van der Waals surface area contributed by atoms with E-state index in [2.05, 4.69) is 31.8 Å². The highest BCUT2D eigenvalue weighted by atomic mass is 35.5. The molecule has 4 aromatic rings. The molecule has 0 bridgehead atoms. The lowest BCUT2D eigenvalue weighted by Crippen LogP contribution is -2.02. The molecular formula is C21H21ClN6S. The molecular weight excluding hydrogens is 404 g/mol. The van der Waals surface area contributed by atoms with Gasteiger partial charge in [-0.15, -0.1) is 10.2 Å². The molecule has 0 saturated carbocycles. The van der Waals surface area contributed by atoms with Gasteiger partial charge in [0.15, 0.2) is 11.0 Å². The maximum absolute atomic E-state index is 6.67. The van der Waals surface area contributed by atoms with Crippen LogP contribution in [0.3, 0.4) is 0 Å². The number of hydrogen-bond donors (Lipinski definition) is 0. The Bertz CT molecular complexity index is 1090. The van der Waals surface area contributed by atoms with Gasteiger partial charge in [-0.1, -0.05) is 48.5 Å². The van der Waals surface area contributed by atoms with Crippen LogP contribution in [0.2, 0.25) is 5.15 Å². The van der Waals surface area contributed by atoms with E-state index in [0.717, 1.165) is 46.5 Å². The van der Waals surface area contributed by atoms with Crippen LogP contribution in [-0.4, -0.2) is 29.5 Å². The first kappa shape index (κ1) is 19.7. The Hall–Kier alpha value is -2.64. The van der Waals surface area contributed by atoms with Crippen LogP contribution in [0.15, 0.2) is 60.0 Å². The minimum atomic E-state index is 0.636. The predicted octanol–water partition coefficient (Wildman–Crippen LogP) is 5.19. The third-order valence-corrected chi connectivity index (χ3v) is 5.95. The number of benzene rings is 1. The van der Waals surface area contributed by atoms with Crippen molar-refractivity contribution in [2.24, 2.45) is 0 Å². The molecule has 3 heterocycles. The van der Waals surface area contributed by atoms with Crippen molar-refractivity contribution in [3.8, 4) is 17.1 Å². The lowest BCUT2D eigenvalue weighted by Gasteiger charge is -2.09. The molecule has 0 unspecified atom stereocenters. The van der Waals surface area contributed by atoms with Crippen LogP contribution in [-0.2, 0) is 12.3 Å². The second-order valence-electron chi connectivity index (χ2n) is 6.58. The molecule has 0 atom stereocenters. The van der Waals surface area contributed by atoms with Crippen LogP contribution in [0.4, 0.5) is 0 Å². The van der Waals surface area contributed by atoms with E-state index in [4.69, 9.17) is 11.6 Å². The van der Waals surface area contributed by atoms with E-state index in [9.17, 15) is 0 Å². The number of aromatic nitrogens is 6. The monoisotopic (exact) mass is 424 g/mol. The van der Waals surface area contributed by atoms with Gasteiger partial charge in [-0.25, -0.2) is 4.68 Å². The van der Waals surface area contributed by atoms with Crippen molar-refractivity contribution in [3.05, 3.63) is 71.3 Å². The number of para-hydroxylation sites is 1. The van der Waals surface area contributed by atoms with Crippen molar-refractivity contribution in [3.63, 3.8) is 0 Å². The van der Waals surface area contributed by atoms with Crippen LogP contribution < -0.4 is 0 Å². The van der Waals surface area contributed by atoms with Gasteiger partial charge in [0.2, 0.25) is 0 Å². The van der Waals surface area contributed by atoms with Gasteiger partial charge in [0, 0.05) is 35.8 Å². The molecule has 0 saturated heterocycles. The van der Waals surface area contributed by atoms with Gasteiger partial charge in [-0.05, 0) is 37.6 Å². The second-order valence-corrected chi connectivity index (χ2v) is 7.89. The molecule has 0 radical (unpaired) electrons. The quantitative estimate of drug-likeness (QED) is 0.382. The zero-order valence-electron chi connectivity index (χ0n) is 16.3. The fourth-order valence-corrected chi connectivity index (χ4v) is 4.58. The number of nitrogens with zero attached hydrogens (tertiary/aromatic N) is 6.